The first kappa shape index (κ1) is 15.7. The molecule has 0 radical (unpaired) electrons. The standard InChI is InChI=1S/C13H24N2O2.ClH/c1-10-7-11(8-14)9-15(10)13(16)5-4-12-3-2-6-17-12;/h10-12H,2-9,14H2,1H3;1H. The van der Waals surface area contributed by atoms with Crippen LogP contribution in [-0.4, -0.2) is 42.6 Å². The summed E-state index contributed by atoms with van der Waals surface area (Å²) in [5.74, 6) is 0.778. The Morgan fingerprint density at radius 1 is 1.50 bits per heavy atom. The van der Waals surface area contributed by atoms with Gasteiger partial charge in [-0.1, -0.05) is 0 Å². The van der Waals surface area contributed by atoms with E-state index in [-0.39, 0.29) is 18.3 Å². The lowest BCUT2D eigenvalue weighted by molar-refractivity contribution is -0.132. The van der Waals surface area contributed by atoms with Crippen LogP contribution in [0.5, 0.6) is 0 Å². The summed E-state index contributed by atoms with van der Waals surface area (Å²) in [6.45, 7) is 4.54. The Morgan fingerprint density at radius 3 is 2.83 bits per heavy atom. The van der Waals surface area contributed by atoms with Gasteiger partial charge in [-0.15, -0.1) is 12.4 Å². The maximum Gasteiger partial charge on any atom is 0.222 e. The van der Waals surface area contributed by atoms with Crippen LogP contribution in [0.1, 0.15) is 39.0 Å². The lowest BCUT2D eigenvalue weighted by Crippen LogP contribution is -2.34. The zero-order chi connectivity index (χ0) is 12.3. The molecule has 0 aromatic rings. The van der Waals surface area contributed by atoms with E-state index in [1.54, 1.807) is 0 Å². The van der Waals surface area contributed by atoms with Crippen molar-refractivity contribution in [1.29, 1.82) is 0 Å². The first-order valence-electron chi connectivity index (χ1n) is 6.82. The summed E-state index contributed by atoms with van der Waals surface area (Å²) < 4.78 is 5.54. The summed E-state index contributed by atoms with van der Waals surface area (Å²) in [4.78, 5) is 14.1. The molecular weight excluding hydrogens is 252 g/mol. The van der Waals surface area contributed by atoms with Gasteiger partial charge in [0.15, 0.2) is 0 Å². The lowest BCUT2D eigenvalue weighted by atomic mass is 10.1. The highest BCUT2D eigenvalue weighted by Crippen LogP contribution is 2.24. The number of carbonyl (C=O) groups excluding carboxylic acids is 1. The minimum atomic E-state index is 0. The largest absolute Gasteiger partial charge is 0.378 e. The van der Waals surface area contributed by atoms with Crippen LogP contribution in [0.2, 0.25) is 0 Å². The highest BCUT2D eigenvalue weighted by atomic mass is 35.5. The van der Waals surface area contributed by atoms with Crippen LogP contribution in [0.15, 0.2) is 0 Å². The van der Waals surface area contributed by atoms with Crippen LogP contribution in [0, 0.1) is 5.92 Å². The number of ether oxygens (including phenoxy) is 1. The molecule has 2 saturated heterocycles. The predicted molar refractivity (Wildman–Crippen MR) is 73.8 cm³/mol. The number of hydrogen-bond acceptors (Lipinski definition) is 3. The van der Waals surface area contributed by atoms with Crippen molar-refractivity contribution >= 4 is 18.3 Å². The summed E-state index contributed by atoms with van der Waals surface area (Å²) in [6.07, 6.45) is 5.16. The van der Waals surface area contributed by atoms with E-state index in [0.29, 0.717) is 31.0 Å². The molecule has 2 aliphatic heterocycles. The van der Waals surface area contributed by atoms with Crippen LogP contribution in [0.25, 0.3) is 0 Å². The molecule has 3 unspecified atom stereocenters. The summed E-state index contributed by atoms with van der Waals surface area (Å²) in [7, 11) is 0. The Kier molecular flexibility index (Phi) is 6.39. The van der Waals surface area contributed by atoms with Gasteiger partial charge in [0.05, 0.1) is 6.10 Å². The molecule has 2 fully saturated rings. The fourth-order valence-electron chi connectivity index (χ4n) is 2.96. The first-order valence-corrected chi connectivity index (χ1v) is 6.82. The van der Waals surface area contributed by atoms with E-state index in [1.807, 2.05) is 4.90 Å². The van der Waals surface area contributed by atoms with Gasteiger partial charge in [-0.2, -0.15) is 0 Å². The number of hydrogen-bond donors (Lipinski definition) is 1. The van der Waals surface area contributed by atoms with E-state index in [0.717, 1.165) is 38.8 Å². The molecule has 0 aromatic carbocycles. The third kappa shape index (κ3) is 3.84. The molecule has 2 rings (SSSR count). The molecule has 0 aromatic heterocycles. The predicted octanol–water partition coefficient (Wildman–Crippen LogP) is 1.56. The molecule has 4 nitrogen and oxygen atoms in total. The highest BCUT2D eigenvalue weighted by Gasteiger charge is 2.31. The molecule has 3 atom stereocenters. The molecule has 0 saturated carbocycles. The van der Waals surface area contributed by atoms with Crippen molar-refractivity contribution in [2.75, 3.05) is 19.7 Å². The van der Waals surface area contributed by atoms with Crippen LogP contribution in [0.3, 0.4) is 0 Å². The van der Waals surface area contributed by atoms with Crippen LogP contribution >= 0.6 is 12.4 Å². The molecule has 0 spiro atoms. The topological polar surface area (TPSA) is 55.6 Å². The molecule has 2 heterocycles. The van der Waals surface area contributed by atoms with Gasteiger partial charge >= 0.3 is 0 Å². The van der Waals surface area contributed by atoms with Crippen molar-refractivity contribution in [1.82, 2.24) is 4.90 Å². The third-order valence-corrected chi connectivity index (χ3v) is 4.02. The third-order valence-electron chi connectivity index (χ3n) is 4.02. The average Bonchev–Trinajstić information content (AvgIpc) is 2.94. The van der Waals surface area contributed by atoms with Gasteiger partial charge in [-0.25, -0.2) is 0 Å². The number of amides is 1. The number of carbonyl (C=O) groups is 1. The molecule has 2 aliphatic rings. The number of rotatable bonds is 4. The van der Waals surface area contributed by atoms with E-state index < -0.39 is 0 Å². The van der Waals surface area contributed by atoms with Gasteiger partial charge in [0.25, 0.3) is 0 Å². The summed E-state index contributed by atoms with van der Waals surface area (Å²) >= 11 is 0. The minimum Gasteiger partial charge on any atom is -0.378 e. The minimum absolute atomic E-state index is 0. The maximum atomic E-state index is 12.1. The second kappa shape index (κ2) is 7.31. The molecule has 2 N–H and O–H groups in total. The van der Waals surface area contributed by atoms with E-state index >= 15 is 0 Å². The Morgan fingerprint density at radius 2 is 2.28 bits per heavy atom. The van der Waals surface area contributed by atoms with E-state index in [2.05, 4.69) is 6.92 Å². The van der Waals surface area contributed by atoms with Gasteiger partial charge in [0.1, 0.15) is 0 Å². The summed E-state index contributed by atoms with van der Waals surface area (Å²) in [5, 5.41) is 0. The molecule has 5 heteroatoms. The highest BCUT2D eigenvalue weighted by molar-refractivity contribution is 5.85. The normalized spacial score (nSPS) is 31.4. The van der Waals surface area contributed by atoms with E-state index in [1.165, 1.54) is 0 Å². The monoisotopic (exact) mass is 276 g/mol. The van der Waals surface area contributed by atoms with E-state index in [4.69, 9.17) is 10.5 Å². The zero-order valence-electron chi connectivity index (χ0n) is 11.1. The van der Waals surface area contributed by atoms with E-state index in [9.17, 15) is 4.79 Å². The molecule has 0 bridgehead atoms. The van der Waals surface area contributed by atoms with Crippen molar-refractivity contribution in [3.63, 3.8) is 0 Å². The van der Waals surface area contributed by atoms with Gasteiger partial charge in [-0.05, 0) is 45.1 Å². The van der Waals surface area contributed by atoms with Gasteiger partial charge in [0.2, 0.25) is 5.91 Å². The number of halogens is 1. The summed E-state index contributed by atoms with van der Waals surface area (Å²) in [6, 6.07) is 0.362. The van der Waals surface area contributed by atoms with Crippen molar-refractivity contribution in [3.05, 3.63) is 0 Å². The van der Waals surface area contributed by atoms with Gasteiger partial charge < -0.3 is 15.4 Å². The average molecular weight is 277 g/mol. The van der Waals surface area contributed by atoms with Crippen LogP contribution in [-0.2, 0) is 9.53 Å². The van der Waals surface area contributed by atoms with Gasteiger partial charge in [-0.3, -0.25) is 4.79 Å². The van der Waals surface area contributed by atoms with Crippen molar-refractivity contribution in [2.24, 2.45) is 11.7 Å². The zero-order valence-corrected chi connectivity index (χ0v) is 12.0. The quantitative estimate of drug-likeness (QED) is 0.848. The maximum absolute atomic E-state index is 12.1. The Hall–Kier alpha value is -0.320. The first-order chi connectivity index (χ1) is 8.20. The number of likely N-dealkylation sites (tertiary alicyclic amines) is 1. The Bertz CT molecular complexity index is 270. The molecular formula is C13H25ClN2O2. The fraction of sp³-hybridized carbons (Fsp3) is 0.923. The Labute approximate surface area is 116 Å². The molecule has 0 aliphatic carbocycles. The second-order valence-corrected chi connectivity index (χ2v) is 5.41. The molecule has 1 amide bonds. The SMILES string of the molecule is CC1CC(CN)CN1C(=O)CCC1CCCO1.Cl. The van der Waals surface area contributed by atoms with Crippen molar-refractivity contribution in [3.8, 4) is 0 Å². The van der Waals surface area contributed by atoms with Gasteiger partial charge in [0, 0.05) is 25.6 Å². The fourth-order valence-corrected chi connectivity index (χ4v) is 2.96. The van der Waals surface area contributed by atoms with Crippen molar-refractivity contribution < 1.29 is 9.53 Å². The Balaban J connectivity index is 0.00000162. The van der Waals surface area contributed by atoms with Crippen LogP contribution < -0.4 is 5.73 Å². The number of nitrogens with two attached hydrogens (primary N) is 1. The second-order valence-electron chi connectivity index (χ2n) is 5.41. The van der Waals surface area contributed by atoms with Crippen LogP contribution in [0.4, 0.5) is 0 Å². The lowest BCUT2D eigenvalue weighted by Gasteiger charge is -2.22. The summed E-state index contributed by atoms with van der Waals surface area (Å²) in [5.41, 5.74) is 5.67. The smallest absolute Gasteiger partial charge is 0.222 e. The van der Waals surface area contributed by atoms with Crippen molar-refractivity contribution in [2.45, 2.75) is 51.2 Å². The molecule has 18 heavy (non-hydrogen) atoms. The molecule has 106 valence electrons. The number of nitrogens with zero attached hydrogens (tertiary/aromatic N) is 1.